The molecule has 0 saturated carbocycles. The van der Waals surface area contributed by atoms with Crippen molar-refractivity contribution in [2.45, 2.75) is 19.3 Å². The van der Waals surface area contributed by atoms with Crippen molar-refractivity contribution in [3.8, 4) is 17.1 Å². The van der Waals surface area contributed by atoms with Gasteiger partial charge in [0.2, 0.25) is 5.91 Å². The number of amides is 2. The first-order valence-electron chi connectivity index (χ1n) is 10.7. The average molecular weight is 471 g/mol. The van der Waals surface area contributed by atoms with Crippen LogP contribution in [0, 0.1) is 11.2 Å². The van der Waals surface area contributed by atoms with Crippen LogP contribution >= 0.6 is 11.6 Å². The number of carbonyl (C=O) groups excluding carboxylic acids is 2. The molecule has 3 aromatic rings. The second kappa shape index (κ2) is 9.67. The minimum Gasteiger partial charge on any atom is -0.493 e. The van der Waals surface area contributed by atoms with Gasteiger partial charge in [0.1, 0.15) is 17.3 Å². The van der Waals surface area contributed by atoms with Gasteiger partial charge in [-0.1, -0.05) is 23.7 Å². The van der Waals surface area contributed by atoms with Crippen LogP contribution in [0.4, 0.5) is 4.39 Å². The topological polar surface area (TPSA) is 85.8 Å². The first kappa shape index (κ1) is 22.9. The summed E-state index contributed by atoms with van der Waals surface area (Å²) >= 11 is 5.93. The third-order valence-electron chi connectivity index (χ3n) is 5.81. The molecule has 2 amide bonds. The van der Waals surface area contributed by atoms with Crippen LogP contribution in [0.15, 0.2) is 65.1 Å². The number of nitrogens with two attached hydrogens (primary N) is 1. The molecule has 2 heterocycles. The first-order chi connectivity index (χ1) is 15.8. The van der Waals surface area contributed by atoms with Crippen molar-refractivity contribution in [1.82, 2.24) is 4.90 Å². The fourth-order valence-corrected chi connectivity index (χ4v) is 4.37. The number of ether oxygens (including phenoxy) is 1. The standard InChI is InChI=1S/C25H24ClFN2O4/c26-17-6-8-18(9-7-17)32-16-25(14-23(28)30)12-3-13-29(15-25)24(31)22-11-10-21(33-22)19-4-1-2-5-20(19)27/h1-2,4-11H,3,12-16H2,(H2,28,30). The molecule has 0 radical (unpaired) electrons. The maximum atomic E-state index is 14.1. The number of benzene rings is 2. The first-order valence-corrected chi connectivity index (χ1v) is 11.0. The van der Waals surface area contributed by atoms with E-state index in [1.54, 1.807) is 59.5 Å². The normalized spacial score (nSPS) is 18.2. The highest BCUT2D eigenvalue weighted by molar-refractivity contribution is 6.30. The zero-order valence-corrected chi connectivity index (χ0v) is 18.7. The van der Waals surface area contributed by atoms with Gasteiger partial charge in [-0.2, -0.15) is 0 Å². The van der Waals surface area contributed by atoms with E-state index in [2.05, 4.69) is 0 Å². The van der Waals surface area contributed by atoms with E-state index < -0.39 is 17.1 Å². The number of hydrogen-bond acceptors (Lipinski definition) is 4. The minimum atomic E-state index is -0.625. The monoisotopic (exact) mass is 470 g/mol. The van der Waals surface area contributed by atoms with Crippen LogP contribution in [-0.4, -0.2) is 36.4 Å². The molecule has 0 aliphatic carbocycles. The van der Waals surface area contributed by atoms with Crippen LogP contribution in [-0.2, 0) is 4.79 Å². The van der Waals surface area contributed by atoms with Gasteiger partial charge in [0.15, 0.2) is 5.76 Å². The number of carbonyl (C=O) groups is 2. The molecule has 1 saturated heterocycles. The van der Waals surface area contributed by atoms with Gasteiger partial charge in [-0.25, -0.2) is 4.39 Å². The minimum absolute atomic E-state index is 0.0863. The molecule has 1 aromatic heterocycles. The van der Waals surface area contributed by atoms with E-state index in [1.807, 2.05) is 0 Å². The molecule has 1 unspecified atom stereocenters. The molecule has 2 aromatic carbocycles. The second-order valence-electron chi connectivity index (χ2n) is 8.36. The fourth-order valence-electron chi connectivity index (χ4n) is 4.25. The summed E-state index contributed by atoms with van der Waals surface area (Å²) in [6.45, 7) is 1.02. The summed E-state index contributed by atoms with van der Waals surface area (Å²) in [5.41, 5.74) is 5.20. The molecule has 2 N–H and O–H groups in total. The molecule has 172 valence electrons. The maximum absolute atomic E-state index is 14.1. The van der Waals surface area contributed by atoms with Gasteiger partial charge < -0.3 is 19.8 Å². The molecular formula is C25H24ClFN2O4. The lowest BCUT2D eigenvalue weighted by Gasteiger charge is -2.41. The summed E-state index contributed by atoms with van der Waals surface area (Å²) in [6.07, 6.45) is 1.46. The van der Waals surface area contributed by atoms with Crippen molar-refractivity contribution in [3.63, 3.8) is 0 Å². The molecule has 33 heavy (non-hydrogen) atoms. The Morgan fingerprint density at radius 2 is 1.88 bits per heavy atom. The zero-order chi connectivity index (χ0) is 23.4. The van der Waals surface area contributed by atoms with E-state index in [4.69, 9.17) is 26.5 Å². The van der Waals surface area contributed by atoms with E-state index in [0.717, 1.165) is 0 Å². The Hall–Kier alpha value is -3.32. The smallest absolute Gasteiger partial charge is 0.289 e. The number of nitrogens with zero attached hydrogens (tertiary/aromatic N) is 1. The van der Waals surface area contributed by atoms with Crippen LogP contribution in [0.2, 0.25) is 5.02 Å². The summed E-state index contributed by atoms with van der Waals surface area (Å²) in [5.74, 6) is -0.193. The number of halogens is 2. The Kier molecular flexibility index (Phi) is 6.70. The predicted octanol–water partition coefficient (Wildman–Crippen LogP) is 4.92. The lowest BCUT2D eigenvalue weighted by atomic mass is 9.77. The third kappa shape index (κ3) is 5.37. The Bertz CT molecular complexity index is 1150. The van der Waals surface area contributed by atoms with Gasteiger partial charge in [0, 0.05) is 29.9 Å². The van der Waals surface area contributed by atoms with E-state index in [0.29, 0.717) is 30.2 Å². The van der Waals surface area contributed by atoms with E-state index in [9.17, 15) is 14.0 Å². The Morgan fingerprint density at radius 3 is 2.61 bits per heavy atom. The quantitative estimate of drug-likeness (QED) is 0.531. The molecule has 8 heteroatoms. The van der Waals surface area contributed by atoms with Crippen molar-refractivity contribution in [3.05, 3.63) is 77.3 Å². The molecule has 6 nitrogen and oxygen atoms in total. The van der Waals surface area contributed by atoms with Crippen LogP contribution in [0.25, 0.3) is 11.3 Å². The molecule has 0 bridgehead atoms. The fraction of sp³-hybridized carbons (Fsp3) is 0.280. The van der Waals surface area contributed by atoms with Crippen molar-refractivity contribution in [1.29, 1.82) is 0 Å². The SMILES string of the molecule is NC(=O)CC1(COc2ccc(Cl)cc2)CCCN(C(=O)c2ccc(-c3ccccc3F)o2)C1. The summed E-state index contributed by atoms with van der Waals surface area (Å²) in [7, 11) is 0. The van der Waals surface area contributed by atoms with Crippen molar-refractivity contribution in [2.75, 3.05) is 19.7 Å². The summed E-state index contributed by atoms with van der Waals surface area (Å²) in [6, 6.07) is 16.3. The van der Waals surface area contributed by atoms with Crippen LogP contribution < -0.4 is 10.5 Å². The Balaban J connectivity index is 1.51. The highest BCUT2D eigenvalue weighted by Gasteiger charge is 2.40. The van der Waals surface area contributed by atoms with Gasteiger partial charge >= 0.3 is 0 Å². The van der Waals surface area contributed by atoms with Crippen molar-refractivity contribution in [2.24, 2.45) is 11.1 Å². The third-order valence-corrected chi connectivity index (χ3v) is 6.06. The number of piperidine rings is 1. The van der Waals surface area contributed by atoms with Gasteiger partial charge in [-0.15, -0.1) is 0 Å². The number of likely N-dealkylation sites (tertiary alicyclic amines) is 1. The zero-order valence-electron chi connectivity index (χ0n) is 17.9. The van der Waals surface area contributed by atoms with E-state index in [1.165, 1.54) is 6.07 Å². The van der Waals surface area contributed by atoms with E-state index >= 15 is 0 Å². The maximum Gasteiger partial charge on any atom is 0.289 e. The van der Waals surface area contributed by atoms with Gasteiger partial charge in [-0.3, -0.25) is 9.59 Å². The summed E-state index contributed by atoms with van der Waals surface area (Å²) < 4.78 is 25.7. The van der Waals surface area contributed by atoms with Gasteiger partial charge in [0.25, 0.3) is 5.91 Å². The summed E-state index contributed by atoms with van der Waals surface area (Å²) in [4.78, 5) is 26.7. The molecule has 4 rings (SSSR count). The predicted molar refractivity (Wildman–Crippen MR) is 122 cm³/mol. The van der Waals surface area contributed by atoms with Crippen molar-refractivity contribution < 1.29 is 23.1 Å². The molecular weight excluding hydrogens is 447 g/mol. The van der Waals surface area contributed by atoms with E-state index in [-0.39, 0.29) is 42.6 Å². The van der Waals surface area contributed by atoms with Crippen LogP contribution in [0.5, 0.6) is 5.75 Å². The molecule has 1 aliphatic heterocycles. The average Bonchev–Trinajstić information content (AvgIpc) is 3.28. The summed E-state index contributed by atoms with van der Waals surface area (Å²) in [5, 5.41) is 0.594. The largest absolute Gasteiger partial charge is 0.493 e. The van der Waals surface area contributed by atoms with Crippen LogP contribution in [0.3, 0.4) is 0 Å². The van der Waals surface area contributed by atoms with Gasteiger partial charge in [0.05, 0.1) is 12.2 Å². The van der Waals surface area contributed by atoms with Crippen molar-refractivity contribution >= 4 is 23.4 Å². The second-order valence-corrected chi connectivity index (χ2v) is 8.80. The number of rotatable bonds is 7. The van der Waals surface area contributed by atoms with Crippen LogP contribution in [0.1, 0.15) is 29.8 Å². The molecule has 1 fully saturated rings. The highest BCUT2D eigenvalue weighted by Crippen LogP contribution is 2.35. The lowest BCUT2D eigenvalue weighted by molar-refractivity contribution is -0.122. The lowest BCUT2D eigenvalue weighted by Crippen LogP contribution is -2.50. The highest BCUT2D eigenvalue weighted by atomic mass is 35.5. The number of furan rings is 1. The Morgan fingerprint density at radius 1 is 1.12 bits per heavy atom. The number of hydrogen-bond donors (Lipinski definition) is 1. The molecule has 0 spiro atoms. The van der Waals surface area contributed by atoms with Gasteiger partial charge in [-0.05, 0) is 61.4 Å². The molecule has 1 aliphatic rings. The molecule has 1 atom stereocenters. The Labute approximate surface area is 196 Å². The number of primary amides is 1.